The molecular formula is C35H34F6N6O5. The molecular weight excluding hydrogens is 698 g/mol. The van der Waals surface area contributed by atoms with Gasteiger partial charge in [-0.05, 0) is 54.3 Å². The second-order valence-corrected chi connectivity index (χ2v) is 14.2. The third-order valence-electron chi connectivity index (χ3n) is 11.0. The zero-order valence-corrected chi connectivity index (χ0v) is 27.7. The number of benzene rings is 2. The lowest BCUT2D eigenvalue weighted by Gasteiger charge is -2.50. The van der Waals surface area contributed by atoms with Crippen LogP contribution in [0.5, 0.6) is 0 Å². The number of nitrogens with zero attached hydrogens (tertiary/aromatic N) is 5. The number of aromatic nitrogens is 2. The number of fused-ring (bicyclic) bond motifs is 2. The highest BCUT2D eigenvalue weighted by Gasteiger charge is 2.67. The minimum absolute atomic E-state index is 0.0942. The lowest BCUT2D eigenvalue weighted by Crippen LogP contribution is -2.72. The van der Waals surface area contributed by atoms with E-state index >= 15 is 8.78 Å². The number of imide groups is 1. The van der Waals surface area contributed by atoms with Crippen molar-refractivity contribution in [1.29, 1.82) is 0 Å². The van der Waals surface area contributed by atoms with Crippen molar-refractivity contribution >= 4 is 17.8 Å². The van der Waals surface area contributed by atoms with E-state index in [1.54, 1.807) is 18.5 Å². The van der Waals surface area contributed by atoms with Gasteiger partial charge in [-0.3, -0.25) is 24.1 Å². The van der Waals surface area contributed by atoms with Crippen molar-refractivity contribution in [2.24, 2.45) is 0 Å². The van der Waals surface area contributed by atoms with Crippen molar-refractivity contribution in [3.63, 3.8) is 0 Å². The zero-order chi connectivity index (χ0) is 36.6. The normalized spacial score (nSPS) is 25.5. The van der Waals surface area contributed by atoms with Crippen molar-refractivity contribution in [2.45, 2.75) is 61.1 Å². The van der Waals surface area contributed by atoms with E-state index in [1.807, 2.05) is 4.68 Å². The number of amides is 4. The third-order valence-corrected chi connectivity index (χ3v) is 11.0. The maximum atomic E-state index is 15.8. The predicted octanol–water partition coefficient (Wildman–Crippen LogP) is 4.33. The van der Waals surface area contributed by atoms with Gasteiger partial charge in [0.2, 0.25) is 5.91 Å². The van der Waals surface area contributed by atoms with E-state index in [9.17, 15) is 31.9 Å². The van der Waals surface area contributed by atoms with Crippen molar-refractivity contribution in [2.75, 3.05) is 46.1 Å². The van der Waals surface area contributed by atoms with Crippen LogP contribution in [0.4, 0.5) is 31.1 Å². The summed E-state index contributed by atoms with van der Waals surface area (Å²) in [6.45, 7) is -0.450. The summed E-state index contributed by atoms with van der Waals surface area (Å²) in [7, 11) is 0. The lowest BCUT2D eigenvalue weighted by atomic mass is 9.90. The molecule has 1 aliphatic carbocycles. The van der Waals surface area contributed by atoms with Crippen LogP contribution in [0, 0.1) is 5.82 Å². The van der Waals surface area contributed by atoms with E-state index in [4.69, 9.17) is 9.47 Å². The third kappa shape index (κ3) is 5.55. The SMILES string of the molecule is O=C1N[C@]2(CC(F)(F)c3cc(-c4cnn([C@@H]5CCCN(C6COC6)C5)c4)ccc32)C(=O)N1CC(=O)N(Cc1ccc(F)cc1)C1(C(F)(F)F)COC1. The molecule has 5 heterocycles. The summed E-state index contributed by atoms with van der Waals surface area (Å²) < 4.78 is 100. The molecule has 4 amide bonds. The van der Waals surface area contributed by atoms with Crippen LogP contribution < -0.4 is 5.32 Å². The van der Waals surface area contributed by atoms with Gasteiger partial charge in [-0.1, -0.05) is 24.3 Å². The summed E-state index contributed by atoms with van der Waals surface area (Å²) in [6, 6.07) is 7.84. The molecule has 4 saturated heterocycles. The Kier molecular flexibility index (Phi) is 8.18. The molecule has 4 fully saturated rings. The molecule has 0 radical (unpaired) electrons. The van der Waals surface area contributed by atoms with Crippen LogP contribution in [0.25, 0.3) is 11.1 Å². The van der Waals surface area contributed by atoms with E-state index in [0.717, 1.165) is 38.1 Å². The van der Waals surface area contributed by atoms with Crippen LogP contribution in [-0.4, -0.2) is 106 Å². The molecule has 0 saturated carbocycles. The highest BCUT2D eigenvalue weighted by atomic mass is 19.4. The molecule has 2 aromatic carbocycles. The van der Waals surface area contributed by atoms with Crippen LogP contribution in [0.1, 0.15) is 42.0 Å². The number of hydrogen-bond acceptors (Lipinski definition) is 7. The van der Waals surface area contributed by atoms with E-state index < -0.39 is 85.1 Å². The highest BCUT2D eigenvalue weighted by Crippen LogP contribution is 2.54. The molecule has 17 heteroatoms. The van der Waals surface area contributed by atoms with Gasteiger partial charge >= 0.3 is 12.2 Å². The number of ether oxygens (including phenoxy) is 2. The Morgan fingerprint density at radius 3 is 2.40 bits per heavy atom. The Bertz CT molecular complexity index is 1910. The first-order chi connectivity index (χ1) is 24.7. The molecule has 1 spiro atoms. The molecule has 1 aromatic heterocycles. The quantitative estimate of drug-likeness (QED) is 0.272. The molecule has 0 unspecified atom stereocenters. The average Bonchev–Trinajstić information content (AvgIpc) is 3.69. The number of hydrogen-bond donors (Lipinski definition) is 1. The van der Waals surface area contributed by atoms with Crippen LogP contribution in [-0.2, 0) is 37.1 Å². The second kappa shape index (κ2) is 12.3. The van der Waals surface area contributed by atoms with Crippen LogP contribution in [0.2, 0.25) is 0 Å². The predicted molar refractivity (Wildman–Crippen MR) is 169 cm³/mol. The van der Waals surface area contributed by atoms with Crippen molar-refractivity contribution < 1.29 is 50.2 Å². The number of carbonyl (C=O) groups is 3. The summed E-state index contributed by atoms with van der Waals surface area (Å²) in [5.41, 5.74) is -4.55. The molecule has 3 aromatic rings. The number of urea groups is 1. The molecule has 1 N–H and O–H groups in total. The van der Waals surface area contributed by atoms with Crippen LogP contribution in [0.15, 0.2) is 54.9 Å². The molecule has 4 aliphatic heterocycles. The zero-order valence-electron chi connectivity index (χ0n) is 27.7. The first kappa shape index (κ1) is 34.6. The summed E-state index contributed by atoms with van der Waals surface area (Å²) in [5.74, 6) is -6.69. The van der Waals surface area contributed by atoms with Gasteiger partial charge in [0.25, 0.3) is 11.8 Å². The summed E-state index contributed by atoms with van der Waals surface area (Å²) in [6.07, 6.45) is -0.839. The van der Waals surface area contributed by atoms with E-state index in [0.29, 0.717) is 40.2 Å². The minimum atomic E-state index is -4.97. The van der Waals surface area contributed by atoms with Gasteiger partial charge in [0.1, 0.15) is 12.4 Å². The average molecular weight is 733 g/mol. The molecule has 52 heavy (non-hydrogen) atoms. The van der Waals surface area contributed by atoms with Gasteiger partial charge < -0.3 is 19.7 Å². The van der Waals surface area contributed by atoms with E-state index in [1.165, 1.54) is 24.3 Å². The smallest absolute Gasteiger partial charge is 0.378 e. The number of halogens is 6. The monoisotopic (exact) mass is 732 g/mol. The fourth-order valence-electron chi connectivity index (χ4n) is 7.88. The molecule has 5 aliphatic rings. The van der Waals surface area contributed by atoms with Gasteiger partial charge in [-0.15, -0.1) is 0 Å². The van der Waals surface area contributed by atoms with E-state index in [2.05, 4.69) is 15.3 Å². The lowest BCUT2D eigenvalue weighted by molar-refractivity contribution is -0.302. The number of carbonyl (C=O) groups excluding carboxylic acids is 3. The van der Waals surface area contributed by atoms with Gasteiger partial charge in [0.05, 0.1) is 51.1 Å². The fourth-order valence-corrected chi connectivity index (χ4v) is 7.88. The van der Waals surface area contributed by atoms with Crippen LogP contribution >= 0.6 is 0 Å². The first-order valence-corrected chi connectivity index (χ1v) is 16.9. The number of piperidine rings is 1. The number of likely N-dealkylation sites (tertiary alicyclic amines) is 1. The standard InChI is InChI=1S/C35H34F6N6O5/c36-24-6-3-21(4-7-24)12-46(32(19-52-20-32)35(39,40)41)29(48)15-45-30(49)33(43-31(45)50)18-34(37,38)28-10-22(5-8-27(28)33)23-11-42-47(13-23)25-2-1-9-44(14-25)26-16-51-17-26/h3-8,10-11,13,25-26H,1-2,9,12,14-20H2,(H,43,50)/t25-,33+/m1/s1. The van der Waals surface area contributed by atoms with Gasteiger partial charge in [-0.2, -0.15) is 18.3 Å². The minimum Gasteiger partial charge on any atom is -0.378 e. The number of alkyl halides is 5. The van der Waals surface area contributed by atoms with Crippen molar-refractivity contribution in [3.05, 3.63) is 77.4 Å². The molecule has 11 nitrogen and oxygen atoms in total. The van der Waals surface area contributed by atoms with E-state index in [-0.39, 0.29) is 17.2 Å². The summed E-state index contributed by atoms with van der Waals surface area (Å²) in [5, 5.41) is 6.86. The van der Waals surface area contributed by atoms with Gasteiger partial charge in [0, 0.05) is 30.4 Å². The number of nitrogens with one attached hydrogen (secondary N) is 1. The molecule has 276 valence electrons. The van der Waals surface area contributed by atoms with Gasteiger partial charge in [-0.25, -0.2) is 18.0 Å². The molecule has 2 atom stereocenters. The number of rotatable bonds is 8. The Morgan fingerprint density at radius 1 is 1.00 bits per heavy atom. The summed E-state index contributed by atoms with van der Waals surface area (Å²) >= 11 is 0. The largest absolute Gasteiger partial charge is 0.416 e. The Hall–Kier alpha value is -4.48. The highest BCUT2D eigenvalue weighted by molar-refractivity contribution is 6.10. The second-order valence-electron chi connectivity index (χ2n) is 14.2. The van der Waals surface area contributed by atoms with Crippen molar-refractivity contribution in [1.82, 2.24) is 29.8 Å². The Labute approximate surface area is 293 Å². The molecule has 0 bridgehead atoms. The van der Waals surface area contributed by atoms with Crippen molar-refractivity contribution in [3.8, 4) is 11.1 Å². The Balaban J connectivity index is 1.04. The molecule has 8 rings (SSSR count). The Morgan fingerprint density at radius 2 is 1.75 bits per heavy atom. The fraction of sp³-hybridized carbons (Fsp3) is 0.486. The first-order valence-electron chi connectivity index (χ1n) is 16.9. The topological polar surface area (TPSA) is 109 Å². The van der Waals surface area contributed by atoms with Gasteiger partial charge in [0.15, 0.2) is 11.1 Å². The maximum absolute atomic E-state index is 15.8. The maximum Gasteiger partial charge on any atom is 0.416 e. The van der Waals surface area contributed by atoms with Crippen LogP contribution in [0.3, 0.4) is 0 Å². The summed E-state index contributed by atoms with van der Waals surface area (Å²) in [4.78, 5) is 44.0.